The number of ketones is 1. The molecule has 4 atom stereocenters. The smallest absolute Gasteiger partial charge is 0.411 e. The van der Waals surface area contributed by atoms with E-state index < -0.39 is 29.5 Å². The number of carbonyl (C=O) groups excluding carboxylic acids is 2. The van der Waals surface area contributed by atoms with Crippen molar-refractivity contribution in [3.63, 3.8) is 0 Å². The quantitative estimate of drug-likeness (QED) is 0.652. The Morgan fingerprint density at radius 3 is 2.63 bits per heavy atom. The van der Waals surface area contributed by atoms with Gasteiger partial charge in [0.15, 0.2) is 5.78 Å². The number of H-pyrrole nitrogens is 1. The SMILES string of the molecule is CC(C)(C)OC(=O)N1[C@@H]2CC[C@@H](C2)[C@H]1C(=O)C[C@H](C#N)Cc1ccc(-c2cc[nH]c(=O)c2)cc1F. The third-order valence-electron chi connectivity index (χ3n) is 6.78. The molecule has 0 unspecified atom stereocenters. The van der Waals surface area contributed by atoms with Crippen LogP contribution in [0.5, 0.6) is 0 Å². The molecule has 2 aliphatic rings. The molecular formula is C27H30FN3O4. The summed E-state index contributed by atoms with van der Waals surface area (Å²) < 4.78 is 20.4. The normalized spacial score (nSPS) is 22.0. The summed E-state index contributed by atoms with van der Waals surface area (Å²) in [4.78, 5) is 41.8. The molecule has 184 valence electrons. The molecule has 0 spiro atoms. The van der Waals surface area contributed by atoms with Crippen LogP contribution in [0.2, 0.25) is 0 Å². The number of piperidine rings is 1. The molecule has 8 heteroatoms. The maximum Gasteiger partial charge on any atom is 0.411 e. The second-order valence-electron chi connectivity index (χ2n) is 10.5. The van der Waals surface area contributed by atoms with Crippen molar-refractivity contribution in [2.45, 2.75) is 70.6 Å². The first-order valence-corrected chi connectivity index (χ1v) is 12.0. The number of rotatable bonds is 6. The number of fused-ring (bicyclic) bond motifs is 2. The van der Waals surface area contributed by atoms with Crippen LogP contribution in [0.4, 0.5) is 9.18 Å². The number of nitrogens with one attached hydrogen (secondary N) is 1. The van der Waals surface area contributed by atoms with Crippen molar-refractivity contribution in [1.29, 1.82) is 5.26 Å². The number of nitrogens with zero attached hydrogens (tertiary/aromatic N) is 2. The Labute approximate surface area is 203 Å². The second kappa shape index (κ2) is 9.65. The highest BCUT2D eigenvalue weighted by molar-refractivity contribution is 5.89. The van der Waals surface area contributed by atoms with Crippen molar-refractivity contribution in [3.05, 3.63) is 58.3 Å². The fraction of sp³-hybridized carbons (Fsp3) is 0.481. The van der Waals surface area contributed by atoms with Crippen LogP contribution in [-0.4, -0.2) is 39.4 Å². The first-order chi connectivity index (χ1) is 16.6. The lowest BCUT2D eigenvalue weighted by Crippen LogP contribution is -2.51. The van der Waals surface area contributed by atoms with Crippen molar-refractivity contribution in [3.8, 4) is 17.2 Å². The van der Waals surface area contributed by atoms with Crippen LogP contribution < -0.4 is 5.56 Å². The molecule has 2 aromatic rings. The van der Waals surface area contributed by atoms with Gasteiger partial charge in [-0.05, 0) is 81.2 Å². The minimum absolute atomic E-state index is 0.0143. The molecule has 1 aromatic carbocycles. The number of Topliss-reactive ketones (excluding diaryl/α,β-unsaturated/α-hetero) is 1. The van der Waals surface area contributed by atoms with Crippen LogP contribution in [0.3, 0.4) is 0 Å². The first kappa shape index (κ1) is 24.6. The van der Waals surface area contributed by atoms with E-state index in [1.807, 2.05) is 0 Å². The van der Waals surface area contributed by atoms with E-state index in [2.05, 4.69) is 11.1 Å². The number of amides is 1. The van der Waals surface area contributed by atoms with Gasteiger partial charge in [-0.25, -0.2) is 9.18 Å². The molecule has 1 aliphatic heterocycles. The van der Waals surface area contributed by atoms with Gasteiger partial charge in [-0.3, -0.25) is 14.5 Å². The highest BCUT2D eigenvalue weighted by Gasteiger charge is 2.52. The van der Waals surface area contributed by atoms with Crippen LogP contribution in [-0.2, 0) is 16.0 Å². The van der Waals surface area contributed by atoms with Crippen LogP contribution in [0.1, 0.15) is 52.0 Å². The third-order valence-corrected chi connectivity index (χ3v) is 6.78. The Hall–Kier alpha value is -3.47. The Kier molecular flexibility index (Phi) is 6.79. The standard InChI is InChI=1S/C27H30FN3O4/c1-27(2,3)35-26(34)31-21-7-6-20(12-21)25(31)23(32)11-16(15-29)10-19-5-4-17(13-22(19)28)18-8-9-30-24(33)14-18/h4-5,8-9,13-14,16,20-21,25H,6-7,10-12H2,1-3H3,(H,30,33)/t16-,20+,21-,25+/m1/s1. The van der Waals surface area contributed by atoms with Crippen LogP contribution >= 0.6 is 0 Å². The van der Waals surface area contributed by atoms with E-state index in [0.29, 0.717) is 16.7 Å². The van der Waals surface area contributed by atoms with E-state index in [4.69, 9.17) is 4.74 Å². The molecular weight excluding hydrogens is 449 g/mol. The minimum Gasteiger partial charge on any atom is -0.444 e. The zero-order valence-corrected chi connectivity index (χ0v) is 20.2. The van der Waals surface area contributed by atoms with E-state index in [0.717, 1.165) is 19.3 Å². The zero-order valence-electron chi connectivity index (χ0n) is 20.2. The minimum atomic E-state index is -0.720. The van der Waals surface area contributed by atoms with Gasteiger partial charge in [-0.1, -0.05) is 12.1 Å². The molecule has 4 rings (SSSR count). The fourth-order valence-corrected chi connectivity index (χ4v) is 5.29. The highest BCUT2D eigenvalue weighted by Crippen LogP contribution is 2.44. The van der Waals surface area contributed by atoms with Gasteiger partial charge in [0.25, 0.3) is 0 Å². The number of halogens is 1. The predicted molar refractivity (Wildman–Crippen MR) is 128 cm³/mol. The molecule has 7 nitrogen and oxygen atoms in total. The maximum absolute atomic E-state index is 14.9. The number of hydrogen-bond donors (Lipinski definition) is 1. The summed E-state index contributed by atoms with van der Waals surface area (Å²) in [5.74, 6) is -1.31. The number of pyridine rings is 1. The molecule has 1 saturated carbocycles. The highest BCUT2D eigenvalue weighted by atomic mass is 19.1. The van der Waals surface area contributed by atoms with E-state index in [1.165, 1.54) is 18.3 Å². The lowest BCUT2D eigenvalue weighted by molar-refractivity contribution is -0.126. The molecule has 2 fully saturated rings. The average molecular weight is 480 g/mol. The van der Waals surface area contributed by atoms with Crippen molar-refractivity contribution in [1.82, 2.24) is 9.88 Å². The van der Waals surface area contributed by atoms with E-state index in [9.17, 15) is 24.0 Å². The number of aromatic amines is 1. The molecule has 1 N–H and O–H groups in total. The molecule has 35 heavy (non-hydrogen) atoms. The third kappa shape index (κ3) is 5.45. The van der Waals surface area contributed by atoms with Gasteiger partial charge in [0.1, 0.15) is 11.4 Å². The monoisotopic (exact) mass is 479 g/mol. The molecule has 1 saturated heterocycles. The molecule has 1 amide bonds. The lowest BCUT2D eigenvalue weighted by Gasteiger charge is -2.35. The number of likely N-dealkylation sites (tertiary alicyclic amines) is 1. The summed E-state index contributed by atoms with van der Waals surface area (Å²) in [6.45, 7) is 5.37. The van der Waals surface area contributed by atoms with Crippen molar-refractivity contribution in [2.75, 3.05) is 0 Å². The van der Waals surface area contributed by atoms with Crippen LogP contribution in [0.25, 0.3) is 11.1 Å². The Balaban J connectivity index is 1.46. The summed E-state index contributed by atoms with van der Waals surface area (Å²) in [5.41, 5.74) is 0.520. The van der Waals surface area contributed by atoms with E-state index >= 15 is 0 Å². The molecule has 2 heterocycles. The van der Waals surface area contributed by atoms with Crippen molar-refractivity contribution < 1.29 is 18.7 Å². The molecule has 1 aromatic heterocycles. The zero-order chi connectivity index (χ0) is 25.3. The number of aromatic nitrogens is 1. The predicted octanol–water partition coefficient (Wildman–Crippen LogP) is 4.61. The molecule has 0 radical (unpaired) electrons. The van der Waals surface area contributed by atoms with Gasteiger partial charge in [-0.2, -0.15) is 5.26 Å². The lowest BCUT2D eigenvalue weighted by atomic mass is 9.87. The van der Waals surface area contributed by atoms with E-state index in [-0.39, 0.29) is 36.1 Å². The Morgan fingerprint density at radius 1 is 1.23 bits per heavy atom. The summed E-state index contributed by atoms with van der Waals surface area (Å²) in [5, 5.41) is 9.72. The van der Waals surface area contributed by atoms with Gasteiger partial charge in [0, 0.05) is 24.7 Å². The van der Waals surface area contributed by atoms with Gasteiger partial charge < -0.3 is 9.72 Å². The van der Waals surface area contributed by atoms with Crippen molar-refractivity contribution >= 4 is 11.9 Å². The molecule has 2 bridgehead atoms. The topological polar surface area (TPSA) is 103 Å². The maximum atomic E-state index is 14.9. The summed E-state index contributed by atoms with van der Waals surface area (Å²) >= 11 is 0. The number of ether oxygens (including phenoxy) is 1. The first-order valence-electron chi connectivity index (χ1n) is 12.0. The Bertz CT molecular complexity index is 1230. The number of benzene rings is 1. The van der Waals surface area contributed by atoms with Gasteiger partial charge >= 0.3 is 6.09 Å². The number of hydrogen-bond acceptors (Lipinski definition) is 5. The summed E-state index contributed by atoms with van der Waals surface area (Å²) in [6.07, 6.45) is 3.52. The fourth-order valence-electron chi connectivity index (χ4n) is 5.29. The number of nitriles is 1. The summed E-state index contributed by atoms with van der Waals surface area (Å²) in [6, 6.07) is 9.22. The Morgan fingerprint density at radius 2 is 1.97 bits per heavy atom. The van der Waals surface area contributed by atoms with Gasteiger partial charge in [0.05, 0.1) is 18.0 Å². The largest absolute Gasteiger partial charge is 0.444 e. The van der Waals surface area contributed by atoms with E-state index in [1.54, 1.807) is 43.9 Å². The average Bonchev–Trinajstić information content (AvgIpc) is 3.40. The molecule has 1 aliphatic carbocycles. The van der Waals surface area contributed by atoms with Crippen LogP contribution in [0, 0.1) is 29.0 Å². The second-order valence-corrected chi connectivity index (χ2v) is 10.5. The van der Waals surface area contributed by atoms with Crippen LogP contribution in [0.15, 0.2) is 41.3 Å². The van der Waals surface area contributed by atoms with Crippen molar-refractivity contribution in [2.24, 2.45) is 11.8 Å². The summed E-state index contributed by atoms with van der Waals surface area (Å²) in [7, 11) is 0. The van der Waals surface area contributed by atoms with Gasteiger partial charge in [-0.15, -0.1) is 0 Å². The number of carbonyl (C=O) groups is 2. The van der Waals surface area contributed by atoms with Gasteiger partial charge in [0.2, 0.25) is 5.56 Å².